The SMILES string of the molecule is CC(C)(C)CCCC(=O)NNC(=O)CN1CCCc2ccccc21. The molecule has 1 aliphatic rings. The van der Waals surface area contributed by atoms with Crippen molar-refractivity contribution in [2.45, 2.75) is 52.9 Å². The van der Waals surface area contributed by atoms with Gasteiger partial charge in [-0.2, -0.15) is 0 Å². The molecular weight excluding hydrogens is 302 g/mol. The molecular formula is C19H29N3O2. The number of hydrazine groups is 1. The van der Waals surface area contributed by atoms with Crippen molar-refractivity contribution in [3.8, 4) is 0 Å². The number of carbonyl (C=O) groups excluding carboxylic acids is 2. The molecule has 5 heteroatoms. The number of anilines is 1. The Labute approximate surface area is 144 Å². The molecule has 132 valence electrons. The zero-order chi connectivity index (χ0) is 17.6. The summed E-state index contributed by atoms with van der Waals surface area (Å²) in [5.74, 6) is -0.317. The van der Waals surface area contributed by atoms with Crippen molar-refractivity contribution >= 4 is 17.5 Å². The van der Waals surface area contributed by atoms with Crippen LogP contribution in [-0.2, 0) is 16.0 Å². The number of para-hydroxylation sites is 1. The number of hydrogen-bond acceptors (Lipinski definition) is 3. The van der Waals surface area contributed by atoms with Gasteiger partial charge in [-0.05, 0) is 42.7 Å². The normalized spacial score (nSPS) is 14.0. The molecule has 0 aliphatic carbocycles. The molecule has 0 aromatic heterocycles. The molecule has 0 spiro atoms. The number of aryl methyl sites for hydroxylation is 1. The second-order valence-electron chi connectivity index (χ2n) is 7.66. The minimum Gasteiger partial charge on any atom is -0.362 e. The maximum atomic E-state index is 12.1. The van der Waals surface area contributed by atoms with Crippen LogP contribution in [0.4, 0.5) is 5.69 Å². The molecule has 1 aliphatic heterocycles. The molecule has 0 unspecified atom stereocenters. The number of hydrogen-bond donors (Lipinski definition) is 2. The van der Waals surface area contributed by atoms with Gasteiger partial charge in [-0.1, -0.05) is 39.0 Å². The van der Waals surface area contributed by atoms with E-state index < -0.39 is 0 Å². The molecule has 2 N–H and O–H groups in total. The highest BCUT2D eigenvalue weighted by Crippen LogP contribution is 2.26. The first kappa shape index (κ1) is 18.3. The molecule has 0 saturated heterocycles. The van der Waals surface area contributed by atoms with Gasteiger partial charge in [0.15, 0.2) is 0 Å². The molecule has 1 aromatic rings. The zero-order valence-corrected chi connectivity index (χ0v) is 15.0. The van der Waals surface area contributed by atoms with E-state index in [1.807, 2.05) is 18.2 Å². The summed E-state index contributed by atoms with van der Waals surface area (Å²) in [4.78, 5) is 25.9. The number of amides is 2. The number of fused-ring (bicyclic) bond motifs is 1. The fourth-order valence-electron chi connectivity index (χ4n) is 2.97. The number of nitrogens with one attached hydrogen (secondary N) is 2. The third-order valence-corrected chi connectivity index (χ3v) is 4.21. The molecule has 0 saturated carbocycles. The quantitative estimate of drug-likeness (QED) is 0.816. The Morgan fingerprint density at radius 1 is 1.12 bits per heavy atom. The molecule has 0 bridgehead atoms. The van der Waals surface area contributed by atoms with Crippen LogP contribution in [0, 0.1) is 5.41 Å². The van der Waals surface area contributed by atoms with Gasteiger partial charge in [-0.25, -0.2) is 0 Å². The van der Waals surface area contributed by atoms with Gasteiger partial charge in [0.25, 0.3) is 5.91 Å². The molecule has 1 aromatic carbocycles. The lowest BCUT2D eigenvalue weighted by Crippen LogP contribution is -2.47. The molecule has 5 nitrogen and oxygen atoms in total. The highest BCUT2D eigenvalue weighted by molar-refractivity contribution is 5.85. The third kappa shape index (κ3) is 5.87. The second kappa shape index (κ2) is 8.18. The second-order valence-corrected chi connectivity index (χ2v) is 7.66. The van der Waals surface area contributed by atoms with Gasteiger partial charge in [-0.3, -0.25) is 20.4 Å². The average Bonchev–Trinajstić information content (AvgIpc) is 2.52. The van der Waals surface area contributed by atoms with Crippen LogP contribution >= 0.6 is 0 Å². The van der Waals surface area contributed by atoms with E-state index in [1.54, 1.807) is 0 Å². The monoisotopic (exact) mass is 331 g/mol. The Balaban J connectivity index is 1.73. The lowest BCUT2D eigenvalue weighted by Gasteiger charge is -2.30. The first-order valence-electron chi connectivity index (χ1n) is 8.76. The summed E-state index contributed by atoms with van der Waals surface area (Å²) in [6.07, 6.45) is 4.34. The fraction of sp³-hybridized carbons (Fsp3) is 0.579. The van der Waals surface area contributed by atoms with Gasteiger partial charge in [0.2, 0.25) is 5.91 Å². The summed E-state index contributed by atoms with van der Waals surface area (Å²) in [7, 11) is 0. The van der Waals surface area contributed by atoms with Crippen LogP contribution in [0.15, 0.2) is 24.3 Å². The first-order valence-corrected chi connectivity index (χ1v) is 8.76. The van der Waals surface area contributed by atoms with E-state index in [0.29, 0.717) is 6.42 Å². The maximum Gasteiger partial charge on any atom is 0.257 e. The van der Waals surface area contributed by atoms with Gasteiger partial charge in [-0.15, -0.1) is 0 Å². The highest BCUT2D eigenvalue weighted by Gasteiger charge is 2.18. The summed E-state index contributed by atoms with van der Waals surface area (Å²) in [5.41, 5.74) is 7.67. The molecule has 24 heavy (non-hydrogen) atoms. The minimum absolute atomic E-state index is 0.133. The van der Waals surface area contributed by atoms with Crippen LogP contribution in [0.2, 0.25) is 0 Å². The summed E-state index contributed by atoms with van der Waals surface area (Å²) in [6.45, 7) is 7.60. The number of nitrogens with zero attached hydrogens (tertiary/aromatic N) is 1. The van der Waals surface area contributed by atoms with Crippen LogP contribution in [0.3, 0.4) is 0 Å². The van der Waals surface area contributed by atoms with E-state index in [1.165, 1.54) is 5.56 Å². The van der Waals surface area contributed by atoms with E-state index >= 15 is 0 Å². The van der Waals surface area contributed by atoms with Crippen molar-refractivity contribution < 1.29 is 9.59 Å². The lowest BCUT2D eigenvalue weighted by atomic mass is 9.90. The first-order chi connectivity index (χ1) is 11.3. The van der Waals surface area contributed by atoms with Crippen molar-refractivity contribution in [2.75, 3.05) is 18.0 Å². The largest absolute Gasteiger partial charge is 0.362 e. The standard InChI is InChI=1S/C19H29N3O2/c1-19(2,3)12-6-11-17(23)20-21-18(24)14-22-13-7-9-15-8-4-5-10-16(15)22/h4-5,8,10H,6-7,9,11-14H2,1-3H3,(H,20,23)(H,21,24). The topological polar surface area (TPSA) is 61.4 Å². The molecule has 1 heterocycles. The molecule has 2 rings (SSSR count). The average molecular weight is 331 g/mol. The zero-order valence-electron chi connectivity index (χ0n) is 15.0. The van der Waals surface area contributed by atoms with E-state index in [-0.39, 0.29) is 23.8 Å². The van der Waals surface area contributed by atoms with Crippen molar-refractivity contribution in [3.63, 3.8) is 0 Å². The summed E-state index contributed by atoms with van der Waals surface area (Å²) in [5, 5.41) is 0. The highest BCUT2D eigenvalue weighted by atomic mass is 16.2. The van der Waals surface area contributed by atoms with Gasteiger partial charge in [0, 0.05) is 18.7 Å². The number of benzene rings is 1. The summed E-state index contributed by atoms with van der Waals surface area (Å²) >= 11 is 0. The van der Waals surface area contributed by atoms with E-state index in [9.17, 15) is 9.59 Å². The van der Waals surface area contributed by atoms with Gasteiger partial charge in [0.05, 0.1) is 6.54 Å². The van der Waals surface area contributed by atoms with Gasteiger partial charge in [0.1, 0.15) is 0 Å². The van der Waals surface area contributed by atoms with Crippen molar-refractivity contribution in [1.29, 1.82) is 0 Å². The van der Waals surface area contributed by atoms with Crippen molar-refractivity contribution in [1.82, 2.24) is 10.9 Å². The van der Waals surface area contributed by atoms with Crippen LogP contribution in [0.5, 0.6) is 0 Å². The van der Waals surface area contributed by atoms with Crippen molar-refractivity contribution in [3.05, 3.63) is 29.8 Å². The van der Waals surface area contributed by atoms with Gasteiger partial charge < -0.3 is 4.90 Å². The Hall–Kier alpha value is -2.04. The fourth-order valence-corrected chi connectivity index (χ4v) is 2.97. The van der Waals surface area contributed by atoms with E-state index in [4.69, 9.17) is 0 Å². The van der Waals surface area contributed by atoms with Crippen molar-refractivity contribution in [2.24, 2.45) is 5.41 Å². The Morgan fingerprint density at radius 2 is 1.83 bits per heavy atom. The van der Waals surface area contributed by atoms with E-state index in [2.05, 4.69) is 42.6 Å². The predicted octanol–water partition coefficient (Wildman–Crippen LogP) is 2.80. The van der Waals surface area contributed by atoms with Crippen LogP contribution in [-0.4, -0.2) is 24.9 Å². The number of rotatable bonds is 5. The maximum absolute atomic E-state index is 12.1. The summed E-state index contributed by atoms with van der Waals surface area (Å²) in [6, 6.07) is 8.18. The van der Waals surface area contributed by atoms with Crippen LogP contribution < -0.4 is 15.8 Å². The predicted molar refractivity (Wildman–Crippen MR) is 96.6 cm³/mol. The minimum atomic E-state index is -0.184. The Kier molecular flexibility index (Phi) is 6.23. The lowest BCUT2D eigenvalue weighted by molar-refractivity contribution is -0.128. The van der Waals surface area contributed by atoms with Crippen LogP contribution in [0.25, 0.3) is 0 Å². The van der Waals surface area contributed by atoms with Gasteiger partial charge >= 0.3 is 0 Å². The molecule has 0 atom stereocenters. The third-order valence-electron chi connectivity index (χ3n) is 4.21. The Bertz CT molecular complexity index is 578. The van der Waals surface area contributed by atoms with Crippen LogP contribution in [0.1, 0.15) is 52.0 Å². The van der Waals surface area contributed by atoms with E-state index in [0.717, 1.165) is 37.9 Å². The molecule has 0 radical (unpaired) electrons. The summed E-state index contributed by atoms with van der Waals surface area (Å²) < 4.78 is 0. The number of carbonyl (C=O) groups is 2. The molecule has 0 fully saturated rings. The smallest absolute Gasteiger partial charge is 0.257 e. The Morgan fingerprint density at radius 3 is 2.58 bits per heavy atom. The molecule has 2 amide bonds.